The Morgan fingerprint density at radius 3 is 2.96 bits per heavy atom. The minimum atomic E-state index is -0.429. The van der Waals surface area contributed by atoms with Gasteiger partial charge in [-0.05, 0) is 32.5 Å². The van der Waals surface area contributed by atoms with Crippen molar-refractivity contribution in [3.8, 4) is 0 Å². The van der Waals surface area contributed by atoms with Crippen molar-refractivity contribution in [3.63, 3.8) is 0 Å². The molecule has 2 N–H and O–H groups in total. The van der Waals surface area contributed by atoms with Crippen LogP contribution < -0.4 is 10.6 Å². The smallest absolute Gasteiger partial charge is 0.341 e. The molecule has 128 valence electrons. The van der Waals surface area contributed by atoms with Gasteiger partial charge in [0.05, 0.1) is 24.2 Å². The Morgan fingerprint density at radius 2 is 2.29 bits per heavy atom. The lowest BCUT2D eigenvalue weighted by molar-refractivity contribution is 0.0524. The molecule has 0 saturated carbocycles. The minimum absolute atomic E-state index is 0.311. The number of carbonyl (C=O) groups is 1. The molecule has 0 bridgehead atoms. The summed E-state index contributed by atoms with van der Waals surface area (Å²) in [4.78, 5) is 24.0. The second-order valence-electron chi connectivity index (χ2n) is 4.95. The first-order chi connectivity index (χ1) is 11.6. The lowest BCUT2D eigenvalue weighted by atomic mass is 10.2. The van der Waals surface area contributed by atoms with E-state index in [2.05, 4.69) is 25.6 Å². The monoisotopic (exact) mass is 348 g/mol. The highest BCUT2D eigenvalue weighted by Crippen LogP contribution is 2.08. The minimum Gasteiger partial charge on any atom is -0.462 e. The van der Waals surface area contributed by atoms with Crippen LogP contribution in [0.4, 0.5) is 5.95 Å². The average Bonchev–Trinajstić information content (AvgIpc) is 3.05. The molecule has 2 rings (SSSR count). The van der Waals surface area contributed by atoms with Gasteiger partial charge in [-0.25, -0.2) is 19.7 Å². The van der Waals surface area contributed by atoms with E-state index in [0.717, 1.165) is 13.0 Å². The quantitative estimate of drug-likeness (QED) is 0.442. The van der Waals surface area contributed by atoms with Crippen molar-refractivity contribution in [2.45, 2.75) is 26.8 Å². The van der Waals surface area contributed by atoms with E-state index in [1.165, 1.54) is 6.20 Å². The van der Waals surface area contributed by atoms with Crippen molar-refractivity contribution in [2.24, 2.45) is 0 Å². The van der Waals surface area contributed by atoms with E-state index < -0.39 is 5.97 Å². The molecule has 2 aromatic rings. The van der Waals surface area contributed by atoms with Gasteiger partial charge in [-0.2, -0.15) is 0 Å². The number of hydrogen-bond donors (Lipinski definition) is 2. The standard InChI is InChI=1S/C15H20N6O2S/c1-3-23-13(22)12-9-18-14(19-11(12)2)20-15(24)17-5-4-7-21-8-6-16-10-21/h6,8-10H,3-5,7H2,1-2H3,(H2,17,18,19,20,24). The van der Waals surface area contributed by atoms with E-state index in [4.69, 9.17) is 17.0 Å². The predicted octanol–water partition coefficient (Wildman–Crippen LogP) is 1.53. The molecule has 8 nitrogen and oxygen atoms in total. The zero-order valence-electron chi connectivity index (χ0n) is 13.7. The molecule has 0 atom stereocenters. The van der Waals surface area contributed by atoms with Gasteiger partial charge in [-0.15, -0.1) is 0 Å². The number of rotatable bonds is 7. The van der Waals surface area contributed by atoms with E-state index in [9.17, 15) is 4.79 Å². The summed E-state index contributed by atoms with van der Waals surface area (Å²) in [6.45, 7) is 5.36. The Morgan fingerprint density at radius 1 is 1.46 bits per heavy atom. The molecule has 0 amide bonds. The van der Waals surface area contributed by atoms with Crippen molar-refractivity contribution in [1.82, 2.24) is 24.8 Å². The highest BCUT2D eigenvalue weighted by Gasteiger charge is 2.13. The summed E-state index contributed by atoms with van der Waals surface area (Å²) in [6.07, 6.45) is 7.78. The van der Waals surface area contributed by atoms with Gasteiger partial charge < -0.3 is 19.9 Å². The van der Waals surface area contributed by atoms with Crippen molar-refractivity contribution in [2.75, 3.05) is 18.5 Å². The predicted molar refractivity (Wildman–Crippen MR) is 93.8 cm³/mol. The third kappa shape index (κ3) is 5.27. The van der Waals surface area contributed by atoms with E-state index in [-0.39, 0.29) is 0 Å². The molecule has 24 heavy (non-hydrogen) atoms. The van der Waals surface area contributed by atoms with Crippen LogP contribution in [0.5, 0.6) is 0 Å². The first-order valence-electron chi connectivity index (χ1n) is 7.61. The molecule has 2 heterocycles. The number of imidazole rings is 1. The number of carbonyl (C=O) groups excluding carboxylic acids is 1. The highest BCUT2D eigenvalue weighted by molar-refractivity contribution is 7.80. The van der Waals surface area contributed by atoms with Gasteiger partial charge in [0.2, 0.25) is 5.95 Å². The number of esters is 1. The molecule has 0 aliphatic heterocycles. The number of hydrogen-bond acceptors (Lipinski definition) is 6. The van der Waals surface area contributed by atoms with Crippen molar-refractivity contribution >= 4 is 29.2 Å². The number of nitrogens with zero attached hydrogens (tertiary/aromatic N) is 4. The van der Waals surface area contributed by atoms with Gasteiger partial charge in [0, 0.05) is 31.7 Å². The van der Waals surface area contributed by atoms with E-state index >= 15 is 0 Å². The largest absolute Gasteiger partial charge is 0.462 e. The van der Waals surface area contributed by atoms with Crippen molar-refractivity contribution < 1.29 is 9.53 Å². The lowest BCUT2D eigenvalue weighted by Gasteiger charge is -2.11. The van der Waals surface area contributed by atoms with Crippen LogP contribution in [-0.2, 0) is 11.3 Å². The van der Waals surface area contributed by atoms with E-state index in [1.54, 1.807) is 26.4 Å². The van der Waals surface area contributed by atoms with Crippen LogP contribution in [0.1, 0.15) is 29.4 Å². The number of ether oxygens (including phenoxy) is 1. The molecule has 0 radical (unpaired) electrons. The molecular weight excluding hydrogens is 328 g/mol. The highest BCUT2D eigenvalue weighted by atomic mass is 32.1. The molecule has 0 aromatic carbocycles. The number of anilines is 1. The number of nitrogens with one attached hydrogen (secondary N) is 2. The first kappa shape index (κ1) is 17.8. The Balaban J connectivity index is 1.78. The van der Waals surface area contributed by atoms with Crippen LogP contribution >= 0.6 is 12.2 Å². The molecule has 0 spiro atoms. The number of aromatic nitrogens is 4. The lowest BCUT2D eigenvalue weighted by Crippen LogP contribution is -2.30. The third-order valence-electron chi connectivity index (χ3n) is 3.14. The summed E-state index contributed by atoms with van der Waals surface area (Å²) in [5.41, 5.74) is 0.885. The van der Waals surface area contributed by atoms with Crippen molar-refractivity contribution in [3.05, 3.63) is 36.2 Å². The molecular formula is C15H20N6O2S. The second-order valence-corrected chi connectivity index (χ2v) is 5.36. The molecule has 0 aliphatic carbocycles. The Hall–Kier alpha value is -2.55. The number of aryl methyl sites for hydroxylation is 2. The fourth-order valence-electron chi connectivity index (χ4n) is 1.96. The molecule has 0 fully saturated rings. The van der Waals surface area contributed by atoms with Crippen LogP contribution in [0.2, 0.25) is 0 Å². The topological polar surface area (TPSA) is 94.0 Å². The average molecular weight is 348 g/mol. The second kappa shape index (κ2) is 8.92. The van der Waals surface area contributed by atoms with Crippen LogP contribution in [0.3, 0.4) is 0 Å². The van der Waals surface area contributed by atoms with Gasteiger partial charge >= 0.3 is 5.97 Å². The zero-order valence-corrected chi connectivity index (χ0v) is 14.5. The summed E-state index contributed by atoms with van der Waals surface area (Å²) in [5, 5.41) is 6.42. The van der Waals surface area contributed by atoms with Gasteiger partial charge in [-0.3, -0.25) is 0 Å². The van der Waals surface area contributed by atoms with Gasteiger partial charge in [0.1, 0.15) is 0 Å². The van der Waals surface area contributed by atoms with Gasteiger partial charge in [-0.1, -0.05) is 0 Å². The summed E-state index contributed by atoms with van der Waals surface area (Å²) in [7, 11) is 0. The maximum atomic E-state index is 11.7. The Kier molecular flexibility index (Phi) is 6.62. The Bertz CT molecular complexity index is 689. The molecule has 9 heteroatoms. The van der Waals surface area contributed by atoms with Crippen LogP contribution in [0.25, 0.3) is 0 Å². The van der Waals surface area contributed by atoms with Gasteiger partial charge in [0.15, 0.2) is 5.11 Å². The fourth-order valence-corrected chi connectivity index (χ4v) is 2.16. The molecule has 2 aromatic heterocycles. The summed E-state index contributed by atoms with van der Waals surface area (Å²) in [6, 6.07) is 0. The van der Waals surface area contributed by atoms with Crippen LogP contribution in [0, 0.1) is 6.92 Å². The normalized spacial score (nSPS) is 10.2. The zero-order chi connectivity index (χ0) is 17.4. The molecule has 0 aliphatic rings. The van der Waals surface area contributed by atoms with E-state index in [1.807, 2.05) is 10.8 Å². The summed E-state index contributed by atoms with van der Waals surface area (Å²) < 4.78 is 6.94. The summed E-state index contributed by atoms with van der Waals surface area (Å²) >= 11 is 5.21. The maximum Gasteiger partial charge on any atom is 0.341 e. The van der Waals surface area contributed by atoms with E-state index in [0.29, 0.717) is 35.5 Å². The van der Waals surface area contributed by atoms with Crippen LogP contribution in [0.15, 0.2) is 24.9 Å². The van der Waals surface area contributed by atoms with Crippen LogP contribution in [-0.4, -0.2) is 43.8 Å². The first-order valence-corrected chi connectivity index (χ1v) is 8.02. The Labute approximate surface area is 145 Å². The fraction of sp³-hybridized carbons (Fsp3) is 0.400. The summed E-state index contributed by atoms with van der Waals surface area (Å²) in [5.74, 6) is -0.0885. The number of thiocarbonyl (C=S) groups is 1. The molecule has 0 unspecified atom stereocenters. The maximum absolute atomic E-state index is 11.7. The third-order valence-corrected chi connectivity index (χ3v) is 3.38. The van der Waals surface area contributed by atoms with Gasteiger partial charge in [0.25, 0.3) is 0 Å². The molecule has 0 saturated heterocycles. The SMILES string of the molecule is CCOC(=O)c1cnc(NC(=S)NCCCn2ccnc2)nc1C. The van der Waals surface area contributed by atoms with Crippen molar-refractivity contribution in [1.29, 1.82) is 0 Å².